The lowest BCUT2D eigenvalue weighted by atomic mass is 9.87. The summed E-state index contributed by atoms with van der Waals surface area (Å²) in [5, 5.41) is 7.95. The van der Waals surface area contributed by atoms with E-state index in [-0.39, 0.29) is 0 Å². The number of carbonyl (C=O) groups is 2. The first-order valence-electron chi connectivity index (χ1n) is 11.0. The topological polar surface area (TPSA) is 70.2 Å². The molecule has 0 heterocycles. The Hall–Kier alpha value is -4.85. The Bertz CT molecular complexity index is 1510. The quantitative estimate of drug-likeness (QED) is 0.271. The summed E-state index contributed by atoms with van der Waals surface area (Å²) in [5.74, 6) is -6.47. The summed E-state index contributed by atoms with van der Waals surface area (Å²) in [4.78, 5) is 26.8. The molecule has 0 saturated heterocycles. The van der Waals surface area contributed by atoms with Gasteiger partial charge in [0.05, 0.1) is 22.5 Å². The molecule has 0 spiro atoms. The first-order valence-corrected chi connectivity index (χ1v) is 11.0. The molecule has 5 nitrogen and oxygen atoms in total. The van der Waals surface area contributed by atoms with Crippen molar-refractivity contribution in [1.29, 1.82) is 0 Å². The monoisotopic (exact) mass is 485 g/mol. The molecule has 0 aliphatic heterocycles. The number of hydrogen-bond donors (Lipinski definition) is 3. The summed E-state index contributed by atoms with van der Waals surface area (Å²) in [6.07, 6.45) is 0. The molecular formula is C28H18F3N3O2. The van der Waals surface area contributed by atoms with Gasteiger partial charge in [0, 0.05) is 17.1 Å². The van der Waals surface area contributed by atoms with Gasteiger partial charge in [0.25, 0.3) is 0 Å². The molecule has 1 aliphatic rings. The van der Waals surface area contributed by atoms with Gasteiger partial charge in [-0.3, -0.25) is 9.59 Å². The van der Waals surface area contributed by atoms with Gasteiger partial charge in [-0.05, 0) is 36.4 Å². The number of allylic oxidation sites excluding steroid dienone is 2. The lowest BCUT2D eigenvalue weighted by Gasteiger charge is -2.25. The molecule has 3 N–H and O–H groups in total. The Labute approximate surface area is 204 Å². The predicted octanol–water partition coefficient (Wildman–Crippen LogP) is 7.12. The van der Waals surface area contributed by atoms with Crippen LogP contribution in [0.25, 0.3) is 0 Å². The number of halogens is 3. The van der Waals surface area contributed by atoms with Gasteiger partial charge < -0.3 is 16.0 Å². The van der Waals surface area contributed by atoms with Crippen molar-refractivity contribution in [2.45, 2.75) is 0 Å². The molecule has 4 aromatic rings. The molecular weight excluding hydrogens is 467 g/mol. The Balaban J connectivity index is 1.72. The van der Waals surface area contributed by atoms with Gasteiger partial charge in [-0.25, -0.2) is 13.2 Å². The van der Waals surface area contributed by atoms with Crippen LogP contribution in [0.15, 0.2) is 103 Å². The average molecular weight is 485 g/mol. The van der Waals surface area contributed by atoms with Crippen molar-refractivity contribution in [2.75, 3.05) is 16.0 Å². The minimum atomic E-state index is -1.43. The number of fused-ring (bicyclic) bond motifs is 1. The van der Waals surface area contributed by atoms with Gasteiger partial charge >= 0.3 is 0 Å². The van der Waals surface area contributed by atoms with Gasteiger partial charge in [0.2, 0.25) is 11.6 Å². The van der Waals surface area contributed by atoms with Crippen LogP contribution >= 0.6 is 0 Å². The summed E-state index contributed by atoms with van der Waals surface area (Å²) < 4.78 is 46.3. The van der Waals surface area contributed by atoms with Crippen molar-refractivity contribution < 1.29 is 22.8 Å². The van der Waals surface area contributed by atoms with E-state index in [1.807, 2.05) is 0 Å². The van der Waals surface area contributed by atoms with Crippen LogP contribution in [0.5, 0.6) is 0 Å². The number of nitrogens with one attached hydrogen (secondary N) is 3. The van der Waals surface area contributed by atoms with Crippen LogP contribution in [-0.4, -0.2) is 11.6 Å². The van der Waals surface area contributed by atoms with Gasteiger partial charge in [-0.1, -0.05) is 54.6 Å². The van der Waals surface area contributed by atoms with E-state index >= 15 is 13.2 Å². The van der Waals surface area contributed by atoms with Crippen LogP contribution in [0, 0.1) is 11.6 Å². The number of Topliss-reactive ketones (excluding diaryl/α,β-unsaturated/α-hetero) is 2. The number of rotatable bonds is 6. The number of benzene rings is 4. The van der Waals surface area contributed by atoms with Crippen molar-refractivity contribution in [3.8, 4) is 0 Å². The summed E-state index contributed by atoms with van der Waals surface area (Å²) in [5.41, 5.74) is -1.93. The molecule has 0 fully saturated rings. The SMILES string of the molecule is O=C1C(F)=C(Nc2ccccc2)C(=O)c2c(Nc3ccccc3)c(F)c(F)c(Nc3ccccc3)c21. The standard InChI is InChI=1S/C28H18F3N3O2/c29-21-22(30)25(33-17-12-6-2-7-13-17)20-19(24(21)32-16-10-4-1-5-11-16)27(35)23(31)26(28(20)36)34-18-14-8-3-9-15-18/h1-15,32-34H. The number of ketones is 2. The van der Waals surface area contributed by atoms with Crippen LogP contribution < -0.4 is 16.0 Å². The highest BCUT2D eigenvalue weighted by Crippen LogP contribution is 2.42. The van der Waals surface area contributed by atoms with E-state index in [1.54, 1.807) is 91.0 Å². The predicted molar refractivity (Wildman–Crippen MR) is 133 cm³/mol. The molecule has 0 bridgehead atoms. The largest absolute Gasteiger partial charge is 0.352 e. The summed E-state index contributed by atoms with van der Waals surface area (Å²) >= 11 is 0. The Kier molecular flexibility index (Phi) is 6.00. The Morgan fingerprint density at radius 3 is 1.25 bits per heavy atom. The van der Waals surface area contributed by atoms with Crippen LogP contribution in [-0.2, 0) is 0 Å². The van der Waals surface area contributed by atoms with Crippen molar-refractivity contribution in [3.63, 3.8) is 0 Å². The van der Waals surface area contributed by atoms with Crippen molar-refractivity contribution in [1.82, 2.24) is 0 Å². The first-order chi connectivity index (χ1) is 17.5. The molecule has 1 aliphatic carbocycles. The van der Waals surface area contributed by atoms with Crippen LogP contribution in [0.4, 0.5) is 41.6 Å². The van der Waals surface area contributed by atoms with Crippen molar-refractivity contribution in [2.24, 2.45) is 0 Å². The fourth-order valence-corrected chi connectivity index (χ4v) is 3.93. The van der Waals surface area contributed by atoms with E-state index in [2.05, 4.69) is 16.0 Å². The smallest absolute Gasteiger partial charge is 0.226 e. The molecule has 178 valence electrons. The molecule has 0 atom stereocenters. The molecule has 0 unspecified atom stereocenters. The second-order valence-corrected chi connectivity index (χ2v) is 7.95. The second-order valence-electron chi connectivity index (χ2n) is 7.95. The van der Waals surface area contributed by atoms with Crippen molar-refractivity contribution >= 4 is 40.0 Å². The molecule has 8 heteroatoms. The molecule has 4 aromatic carbocycles. The van der Waals surface area contributed by atoms with Crippen LogP contribution in [0.2, 0.25) is 0 Å². The summed E-state index contributed by atoms with van der Waals surface area (Å²) in [6.45, 7) is 0. The van der Waals surface area contributed by atoms with Gasteiger partial charge in [0.1, 0.15) is 5.70 Å². The van der Waals surface area contributed by atoms with E-state index in [9.17, 15) is 9.59 Å². The lowest BCUT2D eigenvalue weighted by Crippen LogP contribution is -2.28. The number of carbonyl (C=O) groups excluding carboxylic acids is 2. The maximum atomic E-state index is 15.5. The number of hydrogen-bond acceptors (Lipinski definition) is 5. The van der Waals surface area contributed by atoms with Crippen molar-refractivity contribution in [3.05, 3.63) is 125 Å². The van der Waals surface area contributed by atoms with Gasteiger partial charge in [0.15, 0.2) is 17.5 Å². The molecule has 0 radical (unpaired) electrons. The zero-order chi connectivity index (χ0) is 25.2. The van der Waals surface area contributed by atoms with E-state index in [0.717, 1.165) is 0 Å². The number of para-hydroxylation sites is 3. The van der Waals surface area contributed by atoms with E-state index in [1.165, 1.54) is 0 Å². The lowest BCUT2D eigenvalue weighted by molar-refractivity contribution is 0.0955. The highest BCUT2D eigenvalue weighted by molar-refractivity contribution is 6.31. The first kappa shape index (κ1) is 22.9. The minimum absolute atomic E-state index is 0.319. The highest BCUT2D eigenvalue weighted by Gasteiger charge is 2.40. The Morgan fingerprint density at radius 1 is 0.472 bits per heavy atom. The number of anilines is 5. The second kappa shape index (κ2) is 9.42. The maximum absolute atomic E-state index is 15.5. The molecule has 0 aromatic heterocycles. The minimum Gasteiger partial charge on any atom is -0.352 e. The molecule has 36 heavy (non-hydrogen) atoms. The molecule has 0 saturated carbocycles. The van der Waals surface area contributed by atoms with Gasteiger partial charge in [-0.2, -0.15) is 0 Å². The van der Waals surface area contributed by atoms with Crippen LogP contribution in [0.3, 0.4) is 0 Å². The van der Waals surface area contributed by atoms with E-state index in [0.29, 0.717) is 17.1 Å². The normalized spacial score (nSPS) is 12.9. The highest BCUT2D eigenvalue weighted by atomic mass is 19.2. The average Bonchev–Trinajstić information content (AvgIpc) is 2.91. The zero-order valence-corrected chi connectivity index (χ0v) is 18.6. The fourth-order valence-electron chi connectivity index (χ4n) is 3.93. The third kappa shape index (κ3) is 4.09. The zero-order valence-electron chi connectivity index (χ0n) is 18.6. The summed E-state index contributed by atoms with van der Waals surface area (Å²) in [6, 6.07) is 24.5. The third-order valence-electron chi connectivity index (χ3n) is 5.61. The van der Waals surface area contributed by atoms with E-state index < -0.39 is 57.2 Å². The molecule has 0 amide bonds. The fraction of sp³-hybridized carbons (Fsp3) is 0. The third-order valence-corrected chi connectivity index (χ3v) is 5.61. The molecule has 5 rings (SSSR count). The van der Waals surface area contributed by atoms with E-state index in [4.69, 9.17) is 0 Å². The maximum Gasteiger partial charge on any atom is 0.226 e. The van der Waals surface area contributed by atoms with Crippen LogP contribution in [0.1, 0.15) is 20.7 Å². The summed E-state index contributed by atoms with van der Waals surface area (Å²) in [7, 11) is 0. The Morgan fingerprint density at radius 2 is 0.833 bits per heavy atom. The van der Waals surface area contributed by atoms with Gasteiger partial charge in [-0.15, -0.1) is 0 Å².